The van der Waals surface area contributed by atoms with Gasteiger partial charge in [-0.3, -0.25) is 9.80 Å². The molecule has 7 nitrogen and oxygen atoms in total. The van der Waals surface area contributed by atoms with Gasteiger partial charge in [0.15, 0.2) is 0 Å². The summed E-state index contributed by atoms with van der Waals surface area (Å²) >= 11 is 0. The van der Waals surface area contributed by atoms with E-state index in [2.05, 4.69) is 4.90 Å². The Balaban J connectivity index is 1.32. The summed E-state index contributed by atoms with van der Waals surface area (Å²) in [6.45, 7) is 2.58. The lowest BCUT2D eigenvalue weighted by Crippen LogP contribution is -2.45. The predicted octanol–water partition coefficient (Wildman–Crippen LogP) is 2.71. The van der Waals surface area contributed by atoms with E-state index in [0.29, 0.717) is 31.6 Å². The molecule has 0 radical (unpaired) electrons. The van der Waals surface area contributed by atoms with Gasteiger partial charge in [0.2, 0.25) is 0 Å². The largest absolute Gasteiger partial charge is 0.508 e. The van der Waals surface area contributed by atoms with Crippen LogP contribution in [0.15, 0.2) is 48.5 Å². The molecule has 4 rings (SSSR count). The third-order valence-electron chi connectivity index (χ3n) is 5.81. The number of carbonyl (C=O) groups excluding carboxylic acids is 1. The van der Waals surface area contributed by atoms with Crippen LogP contribution in [0.2, 0.25) is 0 Å². The highest BCUT2D eigenvalue weighted by atomic mass is 16.6. The Kier molecular flexibility index (Phi) is 5.34. The lowest BCUT2D eigenvalue weighted by molar-refractivity contribution is -0.0325. The normalized spacial score (nSPS) is 21.8. The second-order valence-electron chi connectivity index (χ2n) is 7.69. The number of rotatable bonds is 5. The number of phenolic OH excluding ortho intramolecular Hbond substituents is 1. The molecular weight excluding hydrogens is 372 g/mol. The maximum absolute atomic E-state index is 12.2. The fraction of sp³-hybridized carbons (Fsp3) is 0.409. The van der Waals surface area contributed by atoms with Crippen molar-refractivity contribution < 1.29 is 24.5 Å². The number of aromatic hydroxyl groups is 1. The van der Waals surface area contributed by atoms with E-state index in [1.54, 1.807) is 36.3 Å². The number of hydrogen-bond donors (Lipinski definition) is 2. The molecule has 1 unspecified atom stereocenters. The van der Waals surface area contributed by atoms with Crippen molar-refractivity contribution in [1.29, 1.82) is 0 Å². The average molecular weight is 398 g/mol. The number of benzene rings is 2. The highest BCUT2D eigenvalue weighted by molar-refractivity contribution is 5.89. The summed E-state index contributed by atoms with van der Waals surface area (Å²) in [5, 5.41) is 20.5. The second kappa shape index (κ2) is 7.93. The number of cyclic esters (lactones) is 1. The van der Waals surface area contributed by atoms with Crippen LogP contribution >= 0.6 is 0 Å². The number of phenols is 1. The van der Waals surface area contributed by atoms with Crippen LogP contribution in [0.3, 0.4) is 0 Å². The van der Waals surface area contributed by atoms with Crippen molar-refractivity contribution in [3.63, 3.8) is 0 Å². The van der Waals surface area contributed by atoms with E-state index < -0.39 is 5.60 Å². The van der Waals surface area contributed by atoms with Crippen molar-refractivity contribution in [2.75, 3.05) is 38.2 Å². The Morgan fingerprint density at radius 1 is 1.10 bits per heavy atom. The molecule has 0 aromatic heterocycles. The Morgan fingerprint density at radius 3 is 2.38 bits per heavy atom. The molecule has 2 aromatic carbocycles. The Morgan fingerprint density at radius 2 is 1.76 bits per heavy atom. The highest BCUT2D eigenvalue weighted by Crippen LogP contribution is 2.34. The number of amides is 1. The highest BCUT2D eigenvalue weighted by Gasteiger charge is 2.37. The molecule has 1 atom stereocenters. The van der Waals surface area contributed by atoms with Crippen molar-refractivity contribution >= 4 is 11.8 Å². The van der Waals surface area contributed by atoms with Crippen LogP contribution in [0.4, 0.5) is 10.5 Å². The van der Waals surface area contributed by atoms with Gasteiger partial charge in [-0.2, -0.15) is 0 Å². The summed E-state index contributed by atoms with van der Waals surface area (Å²) in [4.78, 5) is 16.0. The fourth-order valence-electron chi connectivity index (χ4n) is 4.04. The first-order valence-electron chi connectivity index (χ1n) is 9.83. The zero-order valence-corrected chi connectivity index (χ0v) is 16.5. The monoisotopic (exact) mass is 398 g/mol. The van der Waals surface area contributed by atoms with E-state index in [4.69, 9.17) is 9.47 Å². The molecule has 2 N–H and O–H groups in total. The topological polar surface area (TPSA) is 82.5 Å². The van der Waals surface area contributed by atoms with Crippen molar-refractivity contribution in [2.45, 2.75) is 24.5 Å². The number of methoxy groups -OCH3 is 1. The molecule has 0 aliphatic carbocycles. The molecule has 2 aromatic rings. The fourth-order valence-corrected chi connectivity index (χ4v) is 4.04. The van der Waals surface area contributed by atoms with Gasteiger partial charge in [-0.25, -0.2) is 4.79 Å². The van der Waals surface area contributed by atoms with Gasteiger partial charge in [0, 0.05) is 25.3 Å². The van der Waals surface area contributed by atoms with Crippen LogP contribution in [0.1, 0.15) is 18.4 Å². The number of piperidine rings is 1. The number of anilines is 1. The standard InChI is InChI=1S/C22H26N2O5/c1-28-19-8-2-16(3-9-19)22(27)10-12-23(13-11-22)14-20-15-24(21(26)29-20)17-4-6-18(25)7-5-17/h2-9,20,25,27H,10-15H2,1H3. The first kappa shape index (κ1) is 19.5. The molecule has 154 valence electrons. The summed E-state index contributed by atoms with van der Waals surface area (Å²) < 4.78 is 10.7. The molecule has 2 aliphatic heterocycles. The lowest BCUT2D eigenvalue weighted by atomic mass is 9.84. The van der Waals surface area contributed by atoms with Crippen LogP contribution in [0.25, 0.3) is 0 Å². The van der Waals surface area contributed by atoms with Crippen molar-refractivity contribution in [3.05, 3.63) is 54.1 Å². The quantitative estimate of drug-likeness (QED) is 0.806. The van der Waals surface area contributed by atoms with Crippen LogP contribution in [-0.2, 0) is 10.3 Å². The van der Waals surface area contributed by atoms with Gasteiger partial charge in [-0.05, 0) is 54.8 Å². The molecular formula is C22H26N2O5. The Bertz CT molecular complexity index is 845. The molecule has 0 bridgehead atoms. The first-order valence-corrected chi connectivity index (χ1v) is 9.83. The summed E-state index contributed by atoms with van der Waals surface area (Å²) in [6.07, 6.45) is 0.666. The third kappa shape index (κ3) is 4.16. The lowest BCUT2D eigenvalue weighted by Gasteiger charge is -2.39. The summed E-state index contributed by atoms with van der Waals surface area (Å²) in [7, 11) is 1.63. The molecule has 29 heavy (non-hydrogen) atoms. The van der Waals surface area contributed by atoms with E-state index in [1.807, 2.05) is 24.3 Å². The molecule has 2 heterocycles. The maximum Gasteiger partial charge on any atom is 0.414 e. The average Bonchev–Trinajstić information content (AvgIpc) is 3.10. The van der Waals surface area contributed by atoms with Gasteiger partial charge < -0.3 is 19.7 Å². The van der Waals surface area contributed by atoms with Gasteiger partial charge >= 0.3 is 6.09 Å². The van der Waals surface area contributed by atoms with Crippen molar-refractivity contribution in [1.82, 2.24) is 4.90 Å². The maximum atomic E-state index is 12.2. The summed E-state index contributed by atoms with van der Waals surface area (Å²) in [5.74, 6) is 0.937. The van der Waals surface area contributed by atoms with Crippen LogP contribution in [0.5, 0.6) is 11.5 Å². The van der Waals surface area contributed by atoms with Gasteiger partial charge in [0.1, 0.15) is 17.6 Å². The summed E-state index contributed by atoms with van der Waals surface area (Å²) in [6, 6.07) is 14.1. The number of ether oxygens (including phenoxy) is 2. The van der Waals surface area contributed by atoms with E-state index >= 15 is 0 Å². The molecule has 7 heteroatoms. The SMILES string of the molecule is COc1ccc(C2(O)CCN(CC3CN(c4ccc(O)cc4)C(=O)O3)CC2)cc1. The number of aliphatic hydroxyl groups is 1. The van der Waals surface area contributed by atoms with Crippen molar-refractivity contribution in [3.8, 4) is 11.5 Å². The minimum absolute atomic E-state index is 0.163. The van der Waals surface area contributed by atoms with Gasteiger partial charge in [-0.15, -0.1) is 0 Å². The van der Waals surface area contributed by atoms with Gasteiger partial charge in [0.25, 0.3) is 0 Å². The van der Waals surface area contributed by atoms with Gasteiger partial charge in [0.05, 0.1) is 19.3 Å². The minimum Gasteiger partial charge on any atom is -0.508 e. The smallest absolute Gasteiger partial charge is 0.414 e. The first-order chi connectivity index (χ1) is 14.0. The van der Waals surface area contributed by atoms with Crippen molar-refractivity contribution in [2.24, 2.45) is 0 Å². The van der Waals surface area contributed by atoms with E-state index in [-0.39, 0.29) is 17.9 Å². The van der Waals surface area contributed by atoms with Crippen LogP contribution in [-0.4, -0.2) is 60.6 Å². The van der Waals surface area contributed by atoms with E-state index in [0.717, 1.165) is 24.4 Å². The number of carbonyl (C=O) groups is 1. The van der Waals surface area contributed by atoms with E-state index in [9.17, 15) is 15.0 Å². The second-order valence-corrected chi connectivity index (χ2v) is 7.69. The molecule has 1 amide bonds. The van der Waals surface area contributed by atoms with Crippen LogP contribution < -0.4 is 9.64 Å². The molecule has 2 saturated heterocycles. The Labute approximate surface area is 170 Å². The summed E-state index contributed by atoms with van der Waals surface area (Å²) in [5.41, 5.74) is 0.777. The molecule has 2 fully saturated rings. The molecule has 2 aliphatic rings. The van der Waals surface area contributed by atoms with Crippen LogP contribution in [0, 0.1) is 0 Å². The third-order valence-corrected chi connectivity index (χ3v) is 5.81. The molecule has 0 saturated carbocycles. The number of nitrogens with zero attached hydrogens (tertiary/aromatic N) is 2. The molecule has 0 spiro atoms. The zero-order valence-electron chi connectivity index (χ0n) is 16.5. The predicted molar refractivity (Wildman–Crippen MR) is 108 cm³/mol. The number of hydrogen-bond acceptors (Lipinski definition) is 6. The number of likely N-dealkylation sites (tertiary alicyclic amines) is 1. The van der Waals surface area contributed by atoms with Gasteiger partial charge in [-0.1, -0.05) is 12.1 Å². The minimum atomic E-state index is -0.840. The Hall–Kier alpha value is -2.77. The zero-order chi connectivity index (χ0) is 20.4. The van der Waals surface area contributed by atoms with E-state index in [1.165, 1.54) is 0 Å².